The van der Waals surface area contributed by atoms with Crippen molar-refractivity contribution in [1.29, 1.82) is 0 Å². The Bertz CT molecular complexity index is 3500. The maximum absolute atomic E-state index is 5.54. The predicted molar refractivity (Wildman–Crippen MR) is 236 cm³/mol. The fraction of sp³-hybridized carbons (Fsp3) is 0. The molecule has 4 aromatic heterocycles. The Morgan fingerprint density at radius 3 is 1.69 bits per heavy atom. The molecular formula is C50H29N3S2. The lowest BCUT2D eigenvalue weighted by Crippen LogP contribution is -1.96. The molecule has 0 unspecified atom stereocenters. The first-order valence-electron chi connectivity index (χ1n) is 18.5. The number of nitrogens with zero attached hydrogens (tertiary/aromatic N) is 3. The van der Waals surface area contributed by atoms with Gasteiger partial charge >= 0.3 is 0 Å². The molecule has 0 amide bonds. The lowest BCUT2D eigenvalue weighted by atomic mass is 9.98. The predicted octanol–water partition coefficient (Wildman–Crippen LogP) is 14.5. The summed E-state index contributed by atoms with van der Waals surface area (Å²) in [6.45, 7) is 0. The molecule has 12 aromatic rings. The summed E-state index contributed by atoms with van der Waals surface area (Å²) in [5.74, 6) is 0.751. The van der Waals surface area contributed by atoms with Gasteiger partial charge in [0.2, 0.25) is 0 Å². The van der Waals surface area contributed by atoms with Gasteiger partial charge in [-0.2, -0.15) is 0 Å². The van der Waals surface area contributed by atoms with Crippen molar-refractivity contribution in [3.05, 3.63) is 176 Å². The maximum atomic E-state index is 5.54. The number of aromatic nitrogens is 3. The van der Waals surface area contributed by atoms with Gasteiger partial charge in [-0.05, 0) is 71.8 Å². The Hall–Kier alpha value is -6.66. The second kappa shape index (κ2) is 11.9. The van der Waals surface area contributed by atoms with E-state index in [1.165, 1.54) is 62.2 Å². The van der Waals surface area contributed by atoms with Gasteiger partial charge in [-0.3, -0.25) is 0 Å². The van der Waals surface area contributed by atoms with Crippen molar-refractivity contribution >= 4 is 95.7 Å². The molecular weight excluding hydrogens is 707 g/mol. The second-order valence-corrected chi connectivity index (χ2v) is 16.2. The van der Waals surface area contributed by atoms with E-state index < -0.39 is 0 Å². The first-order chi connectivity index (χ1) is 27.3. The lowest BCUT2D eigenvalue weighted by molar-refractivity contribution is 1.18. The van der Waals surface area contributed by atoms with Crippen molar-refractivity contribution in [1.82, 2.24) is 14.5 Å². The average Bonchev–Trinajstić information content (AvgIpc) is 3.93. The minimum absolute atomic E-state index is 0.751. The topological polar surface area (TPSA) is 30.7 Å². The standard InChI is InChI=1S/C50H29N3S2/c1-2-12-32(13-3-1)53-43-21-7-4-14-33(43)40-28-31(25-27-44(40)53)30-24-26-42-41(29-30)47(38-19-10-17-36-34-15-5-8-22-45(34)54-48(36)38)52-50(51-42)39-20-11-18-37-35-16-6-9-23-46(35)55-49(37)39/h1-29H. The Kier molecular flexibility index (Phi) is 6.67. The van der Waals surface area contributed by atoms with Gasteiger partial charge < -0.3 is 4.57 Å². The molecule has 0 N–H and O–H groups in total. The highest BCUT2D eigenvalue weighted by Gasteiger charge is 2.20. The summed E-state index contributed by atoms with van der Waals surface area (Å²) in [7, 11) is 0. The first-order valence-corrected chi connectivity index (χ1v) is 20.1. The molecule has 0 atom stereocenters. The minimum atomic E-state index is 0.751. The second-order valence-electron chi connectivity index (χ2n) is 14.1. The van der Waals surface area contributed by atoms with Crippen LogP contribution in [0.2, 0.25) is 0 Å². The third kappa shape index (κ3) is 4.67. The van der Waals surface area contributed by atoms with Crippen LogP contribution in [-0.4, -0.2) is 14.5 Å². The Morgan fingerprint density at radius 1 is 0.382 bits per heavy atom. The quantitative estimate of drug-likeness (QED) is 0.180. The summed E-state index contributed by atoms with van der Waals surface area (Å²) >= 11 is 3.66. The smallest absolute Gasteiger partial charge is 0.161 e. The number of rotatable bonds is 4. The third-order valence-electron chi connectivity index (χ3n) is 11.0. The summed E-state index contributed by atoms with van der Waals surface area (Å²) < 4.78 is 7.38. The van der Waals surface area contributed by atoms with Gasteiger partial charge in [0.05, 0.1) is 22.2 Å². The normalized spacial score (nSPS) is 12.0. The molecule has 256 valence electrons. The summed E-state index contributed by atoms with van der Waals surface area (Å²) in [5.41, 5.74) is 9.94. The molecule has 8 aromatic carbocycles. The van der Waals surface area contributed by atoms with Gasteiger partial charge in [0.15, 0.2) is 5.82 Å². The zero-order chi connectivity index (χ0) is 36.0. The molecule has 5 heteroatoms. The number of para-hydroxylation sites is 2. The van der Waals surface area contributed by atoms with E-state index in [0.717, 1.165) is 50.4 Å². The molecule has 3 nitrogen and oxygen atoms in total. The van der Waals surface area contributed by atoms with Crippen LogP contribution in [0.5, 0.6) is 0 Å². The van der Waals surface area contributed by atoms with Crippen LogP contribution in [-0.2, 0) is 0 Å². The lowest BCUT2D eigenvalue weighted by Gasteiger charge is -2.13. The summed E-state index contributed by atoms with van der Waals surface area (Å²) in [5, 5.41) is 8.57. The van der Waals surface area contributed by atoms with Crippen LogP contribution < -0.4 is 0 Å². The summed E-state index contributed by atoms with van der Waals surface area (Å²) in [6.07, 6.45) is 0. The van der Waals surface area contributed by atoms with Gasteiger partial charge in [-0.25, -0.2) is 9.97 Å². The molecule has 0 fully saturated rings. The van der Waals surface area contributed by atoms with Crippen molar-refractivity contribution < 1.29 is 0 Å². The van der Waals surface area contributed by atoms with E-state index in [1.807, 2.05) is 22.7 Å². The monoisotopic (exact) mass is 735 g/mol. The van der Waals surface area contributed by atoms with Crippen molar-refractivity contribution in [2.45, 2.75) is 0 Å². The Morgan fingerprint density at radius 2 is 0.945 bits per heavy atom. The van der Waals surface area contributed by atoms with Crippen molar-refractivity contribution in [2.75, 3.05) is 0 Å². The molecule has 0 saturated carbocycles. The zero-order valence-electron chi connectivity index (χ0n) is 29.4. The van der Waals surface area contributed by atoms with E-state index in [4.69, 9.17) is 9.97 Å². The molecule has 0 spiro atoms. The van der Waals surface area contributed by atoms with Crippen LogP contribution in [0.3, 0.4) is 0 Å². The van der Waals surface area contributed by atoms with E-state index in [-0.39, 0.29) is 0 Å². The molecule has 0 aliphatic heterocycles. The van der Waals surface area contributed by atoms with Crippen LogP contribution >= 0.6 is 22.7 Å². The highest BCUT2D eigenvalue weighted by Crippen LogP contribution is 2.44. The third-order valence-corrected chi connectivity index (χ3v) is 13.5. The van der Waals surface area contributed by atoms with Crippen molar-refractivity contribution in [3.8, 4) is 39.5 Å². The van der Waals surface area contributed by atoms with Crippen LogP contribution in [0.4, 0.5) is 0 Å². The fourth-order valence-electron chi connectivity index (χ4n) is 8.50. The van der Waals surface area contributed by atoms with E-state index in [1.54, 1.807) is 0 Å². The fourth-order valence-corrected chi connectivity index (χ4v) is 10.9. The molecule has 0 bridgehead atoms. The number of thiophene rings is 2. The summed E-state index contributed by atoms with van der Waals surface area (Å²) in [6, 6.07) is 63.5. The summed E-state index contributed by atoms with van der Waals surface area (Å²) in [4.78, 5) is 10.9. The first kappa shape index (κ1) is 30.8. The van der Waals surface area contributed by atoms with Gasteiger partial charge in [-0.15, -0.1) is 22.7 Å². The molecule has 0 saturated heterocycles. The van der Waals surface area contributed by atoms with Crippen LogP contribution in [0.1, 0.15) is 0 Å². The number of hydrogen-bond acceptors (Lipinski definition) is 4. The van der Waals surface area contributed by atoms with E-state index >= 15 is 0 Å². The van der Waals surface area contributed by atoms with Crippen LogP contribution in [0, 0.1) is 0 Å². The van der Waals surface area contributed by atoms with Crippen LogP contribution in [0.25, 0.3) is 113 Å². The molecule has 12 rings (SSSR count). The van der Waals surface area contributed by atoms with E-state index in [2.05, 4.69) is 180 Å². The Labute approximate surface area is 324 Å². The molecule has 0 aliphatic rings. The van der Waals surface area contributed by atoms with Crippen molar-refractivity contribution in [3.63, 3.8) is 0 Å². The largest absolute Gasteiger partial charge is 0.309 e. The van der Waals surface area contributed by atoms with E-state index in [0.29, 0.717) is 0 Å². The molecule has 55 heavy (non-hydrogen) atoms. The SMILES string of the molecule is c1ccc(-n2c3ccccc3c3cc(-c4ccc5nc(-c6cccc7c6sc6ccccc67)nc(-c6cccc7c6sc6ccccc67)c5c4)ccc32)cc1. The Balaban J connectivity index is 1.11. The molecule has 4 heterocycles. The molecule has 0 radical (unpaired) electrons. The van der Waals surface area contributed by atoms with Gasteiger partial charge in [0.1, 0.15) is 0 Å². The molecule has 0 aliphatic carbocycles. The average molecular weight is 736 g/mol. The number of fused-ring (bicyclic) bond motifs is 10. The van der Waals surface area contributed by atoms with Gasteiger partial charge in [0.25, 0.3) is 0 Å². The van der Waals surface area contributed by atoms with E-state index in [9.17, 15) is 0 Å². The number of hydrogen-bond donors (Lipinski definition) is 0. The zero-order valence-corrected chi connectivity index (χ0v) is 31.0. The van der Waals surface area contributed by atoms with Crippen LogP contribution in [0.15, 0.2) is 176 Å². The van der Waals surface area contributed by atoms with Gasteiger partial charge in [-0.1, -0.05) is 115 Å². The number of benzene rings is 8. The maximum Gasteiger partial charge on any atom is 0.161 e. The van der Waals surface area contributed by atoms with Crippen molar-refractivity contribution in [2.24, 2.45) is 0 Å². The minimum Gasteiger partial charge on any atom is -0.309 e. The highest BCUT2D eigenvalue weighted by molar-refractivity contribution is 7.26. The highest BCUT2D eigenvalue weighted by atomic mass is 32.1. The van der Waals surface area contributed by atoms with Gasteiger partial charge in [0, 0.05) is 73.3 Å².